The summed E-state index contributed by atoms with van der Waals surface area (Å²) in [6.45, 7) is 7.79. The number of aliphatic hydroxyl groups is 1. The lowest BCUT2D eigenvalue weighted by Gasteiger charge is -2.22. The molecule has 182 valence electrons. The zero-order chi connectivity index (χ0) is 25.4. The van der Waals surface area contributed by atoms with Crippen LogP contribution >= 0.6 is 0 Å². The van der Waals surface area contributed by atoms with Gasteiger partial charge in [-0.1, -0.05) is 58.0 Å². The Hall–Kier alpha value is -3.59. The van der Waals surface area contributed by atoms with Crippen molar-refractivity contribution in [1.82, 2.24) is 15.0 Å². The molecule has 0 aliphatic heterocycles. The Morgan fingerprint density at radius 2 is 1.15 bits per heavy atom. The monoisotopic (exact) mass is 458 g/mol. The van der Waals surface area contributed by atoms with Gasteiger partial charge in [-0.15, -0.1) is 0 Å². The Balaban J connectivity index is 0.000000776. The van der Waals surface area contributed by atoms with Gasteiger partial charge < -0.3 is 30.0 Å². The smallest absolute Gasteiger partial charge is 0.236 e. The predicted octanol–water partition coefficient (Wildman–Crippen LogP) is 4.24. The average molecular weight is 459 g/mol. The molecule has 0 aliphatic rings. The highest BCUT2D eigenvalue weighted by Gasteiger charge is 2.16. The van der Waals surface area contributed by atoms with E-state index in [4.69, 9.17) is 5.11 Å². The third kappa shape index (κ3) is 9.61. The number of hydrogen-bond donors (Lipinski definition) is 3. The minimum absolute atomic E-state index is 0.133. The largest absolute Gasteiger partial charge is 0.508 e. The second-order valence-corrected chi connectivity index (χ2v) is 6.35. The van der Waals surface area contributed by atoms with Crippen LogP contribution in [0.5, 0.6) is 11.5 Å². The molecule has 0 atom stereocenters. The van der Waals surface area contributed by atoms with E-state index in [9.17, 15) is 10.2 Å². The average Bonchev–Trinajstić information content (AvgIpc) is 2.86. The zero-order valence-corrected chi connectivity index (χ0v) is 20.9. The number of para-hydroxylation sites is 3. The Bertz CT molecular complexity index is 910. The van der Waals surface area contributed by atoms with Crippen molar-refractivity contribution in [2.75, 3.05) is 49.6 Å². The van der Waals surface area contributed by atoms with Crippen molar-refractivity contribution in [2.24, 2.45) is 0 Å². The van der Waals surface area contributed by atoms with Crippen molar-refractivity contribution >= 4 is 23.5 Å². The summed E-state index contributed by atoms with van der Waals surface area (Å²) in [4.78, 5) is 17.9. The van der Waals surface area contributed by atoms with E-state index in [1.165, 1.54) is 4.90 Å². The molecular weight excluding hydrogens is 420 g/mol. The van der Waals surface area contributed by atoms with Crippen LogP contribution in [0.25, 0.3) is 0 Å². The number of phenolic OH excluding ortho intramolecular Hbond substituents is 2. The lowest BCUT2D eigenvalue weighted by molar-refractivity contribution is 0.296. The van der Waals surface area contributed by atoms with Crippen LogP contribution in [0.15, 0.2) is 54.6 Å². The summed E-state index contributed by atoms with van der Waals surface area (Å²) >= 11 is 0. The van der Waals surface area contributed by atoms with Gasteiger partial charge >= 0.3 is 0 Å². The molecule has 0 aliphatic carbocycles. The first-order valence-electron chi connectivity index (χ1n) is 10.8. The molecule has 9 heteroatoms. The Kier molecular flexibility index (Phi) is 14.3. The first-order valence-corrected chi connectivity index (χ1v) is 10.8. The van der Waals surface area contributed by atoms with Crippen LogP contribution in [0.1, 0.15) is 27.7 Å². The number of hydrogen-bond acceptors (Lipinski definition) is 9. The molecule has 0 amide bonds. The van der Waals surface area contributed by atoms with Crippen molar-refractivity contribution in [3.63, 3.8) is 0 Å². The molecule has 33 heavy (non-hydrogen) atoms. The van der Waals surface area contributed by atoms with Crippen LogP contribution in [0.4, 0.5) is 23.5 Å². The van der Waals surface area contributed by atoms with Gasteiger partial charge in [0.15, 0.2) is 0 Å². The maximum Gasteiger partial charge on any atom is 0.236 e. The van der Waals surface area contributed by atoms with Crippen molar-refractivity contribution < 1.29 is 15.3 Å². The number of nitrogens with zero attached hydrogens (tertiary/aromatic N) is 6. The molecule has 0 saturated heterocycles. The minimum atomic E-state index is -0.212. The number of aromatic nitrogens is 3. The molecule has 1 aromatic heterocycles. The fourth-order valence-electron chi connectivity index (χ4n) is 2.21. The van der Waals surface area contributed by atoms with Gasteiger partial charge in [-0.25, -0.2) is 0 Å². The summed E-state index contributed by atoms with van der Waals surface area (Å²) in [6.07, 6.45) is 0. The SMILES string of the molecule is CC.CC.CN(C)c1nc(N(C)CO)nc(N(C)c2ccccc2O)n1.Oc1ccccc1. The van der Waals surface area contributed by atoms with Crippen molar-refractivity contribution in [2.45, 2.75) is 27.7 Å². The maximum atomic E-state index is 9.97. The highest BCUT2D eigenvalue weighted by molar-refractivity contribution is 5.65. The number of anilines is 4. The molecular formula is C24H38N6O3. The van der Waals surface area contributed by atoms with E-state index in [1.807, 2.05) is 53.9 Å². The highest BCUT2D eigenvalue weighted by Crippen LogP contribution is 2.30. The van der Waals surface area contributed by atoms with Crippen LogP contribution in [0.3, 0.4) is 0 Å². The van der Waals surface area contributed by atoms with E-state index in [1.54, 1.807) is 66.4 Å². The molecule has 0 bridgehead atoms. The first kappa shape index (κ1) is 29.4. The lowest BCUT2D eigenvalue weighted by Crippen LogP contribution is -2.25. The van der Waals surface area contributed by atoms with Gasteiger partial charge in [-0.3, -0.25) is 0 Å². The number of phenols is 2. The zero-order valence-electron chi connectivity index (χ0n) is 20.9. The summed E-state index contributed by atoms with van der Waals surface area (Å²) in [6, 6.07) is 15.6. The fourth-order valence-corrected chi connectivity index (χ4v) is 2.21. The van der Waals surface area contributed by atoms with Crippen LogP contribution in [0, 0.1) is 0 Å². The van der Waals surface area contributed by atoms with Crippen molar-refractivity contribution in [3.05, 3.63) is 54.6 Å². The summed E-state index contributed by atoms with van der Waals surface area (Å²) in [5, 5.41) is 27.9. The third-order valence-electron chi connectivity index (χ3n) is 3.85. The van der Waals surface area contributed by atoms with Gasteiger partial charge in [0.05, 0.1) is 5.69 Å². The molecule has 2 aromatic carbocycles. The normalized spacial score (nSPS) is 9.12. The number of rotatable bonds is 5. The highest BCUT2D eigenvalue weighted by atomic mass is 16.3. The second kappa shape index (κ2) is 16.1. The molecule has 1 heterocycles. The summed E-state index contributed by atoms with van der Waals surface area (Å²) in [5.41, 5.74) is 0.580. The van der Waals surface area contributed by atoms with E-state index < -0.39 is 0 Å². The molecule has 0 radical (unpaired) electrons. The summed E-state index contributed by atoms with van der Waals surface area (Å²) in [7, 11) is 7.08. The summed E-state index contributed by atoms with van der Waals surface area (Å²) < 4.78 is 0. The van der Waals surface area contributed by atoms with Gasteiger partial charge in [-0.05, 0) is 24.3 Å². The number of aromatic hydroxyl groups is 2. The molecule has 3 aromatic rings. The van der Waals surface area contributed by atoms with Gasteiger partial charge in [0.2, 0.25) is 17.8 Å². The van der Waals surface area contributed by atoms with Crippen LogP contribution < -0.4 is 14.7 Å². The second-order valence-electron chi connectivity index (χ2n) is 6.35. The number of benzene rings is 2. The van der Waals surface area contributed by atoms with E-state index in [0.717, 1.165) is 0 Å². The van der Waals surface area contributed by atoms with Crippen LogP contribution in [-0.2, 0) is 0 Å². The van der Waals surface area contributed by atoms with Crippen LogP contribution in [0.2, 0.25) is 0 Å². The molecule has 9 nitrogen and oxygen atoms in total. The first-order chi connectivity index (χ1) is 15.8. The molecule has 0 unspecified atom stereocenters. The quantitative estimate of drug-likeness (QED) is 0.484. The fraction of sp³-hybridized carbons (Fsp3) is 0.375. The third-order valence-corrected chi connectivity index (χ3v) is 3.85. The van der Waals surface area contributed by atoms with Gasteiger partial charge in [-0.2, -0.15) is 15.0 Å². The van der Waals surface area contributed by atoms with Crippen molar-refractivity contribution in [1.29, 1.82) is 0 Å². The van der Waals surface area contributed by atoms with E-state index in [-0.39, 0.29) is 12.5 Å². The van der Waals surface area contributed by atoms with E-state index >= 15 is 0 Å². The number of aliphatic hydroxyl groups excluding tert-OH is 1. The maximum absolute atomic E-state index is 9.97. The summed E-state index contributed by atoms with van der Waals surface area (Å²) in [5.74, 6) is 1.63. The standard InChI is InChI=1S/C14H20N6O2.C6H6O.2C2H6/c1-18(2)12-15-13(19(3)9-21)17-14(16-12)20(4)10-7-5-6-8-11(10)22;7-6-4-2-1-3-5-6;2*1-2/h5-8,21-22H,9H2,1-4H3;1-5,7H;2*1-2H3. The Morgan fingerprint density at radius 3 is 1.61 bits per heavy atom. The molecule has 0 fully saturated rings. The lowest BCUT2D eigenvalue weighted by atomic mass is 10.3. The predicted molar refractivity (Wildman–Crippen MR) is 137 cm³/mol. The molecule has 3 N–H and O–H groups in total. The molecule has 0 saturated carbocycles. The minimum Gasteiger partial charge on any atom is -0.508 e. The van der Waals surface area contributed by atoms with Gasteiger partial charge in [0.1, 0.15) is 18.2 Å². The van der Waals surface area contributed by atoms with Crippen LogP contribution in [-0.4, -0.2) is 65.2 Å². The van der Waals surface area contributed by atoms with E-state index in [0.29, 0.717) is 29.3 Å². The van der Waals surface area contributed by atoms with E-state index in [2.05, 4.69) is 15.0 Å². The topological polar surface area (TPSA) is 109 Å². The Morgan fingerprint density at radius 1 is 0.667 bits per heavy atom. The van der Waals surface area contributed by atoms with Gasteiger partial charge in [0.25, 0.3) is 0 Å². The van der Waals surface area contributed by atoms with Crippen molar-refractivity contribution in [3.8, 4) is 11.5 Å². The molecule has 0 spiro atoms. The molecule has 3 rings (SSSR count). The van der Waals surface area contributed by atoms with Gasteiger partial charge in [0, 0.05) is 28.2 Å². The Labute approximate surface area is 197 Å².